The van der Waals surface area contributed by atoms with Gasteiger partial charge in [0.1, 0.15) is 0 Å². The maximum atomic E-state index is 5.55. The van der Waals surface area contributed by atoms with E-state index in [1.165, 1.54) is 32.1 Å². The van der Waals surface area contributed by atoms with E-state index in [9.17, 15) is 0 Å². The Kier molecular flexibility index (Phi) is 5.27. The van der Waals surface area contributed by atoms with Gasteiger partial charge in [-0.25, -0.2) is 0 Å². The summed E-state index contributed by atoms with van der Waals surface area (Å²) < 4.78 is 5.55. The van der Waals surface area contributed by atoms with E-state index in [4.69, 9.17) is 4.74 Å². The first-order chi connectivity index (χ1) is 8.98. The normalized spacial score (nSPS) is 30.5. The third-order valence-corrected chi connectivity index (χ3v) is 5.20. The van der Waals surface area contributed by atoms with Gasteiger partial charge < -0.3 is 15.0 Å². The summed E-state index contributed by atoms with van der Waals surface area (Å²) >= 11 is 0. The summed E-state index contributed by atoms with van der Waals surface area (Å²) in [6.07, 6.45) is 6.68. The van der Waals surface area contributed by atoms with E-state index in [-0.39, 0.29) is 0 Å². The van der Waals surface area contributed by atoms with Gasteiger partial charge in [0, 0.05) is 24.7 Å². The van der Waals surface area contributed by atoms with Crippen molar-refractivity contribution in [1.82, 2.24) is 10.2 Å². The Morgan fingerprint density at radius 3 is 2.58 bits per heavy atom. The summed E-state index contributed by atoms with van der Waals surface area (Å²) in [5.41, 5.74) is 0.569. The zero-order chi connectivity index (χ0) is 13.9. The summed E-state index contributed by atoms with van der Waals surface area (Å²) in [7, 11) is 2.32. The van der Waals surface area contributed by atoms with Gasteiger partial charge in [0.25, 0.3) is 0 Å². The monoisotopic (exact) mass is 268 g/mol. The molecule has 1 saturated heterocycles. The van der Waals surface area contributed by atoms with Crippen molar-refractivity contribution >= 4 is 0 Å². The van der Waals surface area contributed by atoms with E-state index < -0.39 is 0 Å². The van der Waals surface area contributed by atoms with Gasteiger partial charge in [-0.3, -0.25) is 0 Å². The summed E-state index contributed by atoms with van der Waals surface area (Å²) in [5, 5.41) is 3.57. The Morgan fingerprint density at radius 2 is 2.00 bits per heavy atom. The molecule has 1 saturated carbocycles. The molecule has 0 aromatic heterocycles. The predicted molar refractivity (Wildman–Crippen MR) is 80.5 cm³/mol. The number of nitrogens with one attached hydrogen (secondary N) is 1. The Bertz CT molecular complexity index is 264. The zero-order valence-corrected chi connectivity index (χ0v) is 13.2. The molecule has 3 heteroatoms. The van der Waals surface area contributed by atoms with Crippen LogP contribution in [-0.2, 0) is 4.74 Å². The van der Waals surface area contributed by atoms with Crippen LogP contribution in [0.2, 0.25) is 0 Å². The van der Waals surface area contributed by atoms with Crippen LogP contribution in [0.5, 0.6) is 0 Å². The van der Waals surface area contributed by atoms with Crippen LogP contribution in [0.25, 0.3) is 0 Å². The lowest BCUT2D eigenvalue weighted by Gasteiger charge is -2.42. The average Bonchev–Trinajstić information content (AvgIpc) is 2.39. The van der Waals surface area contributed by atoms with Crippen molar-refractivity contribution in [2.75, 3.05) is 26.8 Å². The topological polar surface area (TPSA) is 24.5 Å². The number of rotatable bonds is 4. The number of hydrogen-bond acceptors (Lipinski definition) is 3. The Labute approximate surface area is 119 Å². The van der Waals surface area contributed by atoms with Gasteiger partial charge in [0.15, 0.2) is 0 Å². The van der Waals surface area contributed by atoms with Crippen LogP contribution in [0.4, 0.5) is 0 Å². The SMILES string of the molecule is CC(CC1COCCN1)N(C)C1CCC(C)(C)CC1. The van der Waals surface area contributed by atoms with Crippen LogP contribution in [0.3, 0.4) is 0 Å². The zero-order valence-electron chi connectivity index (χ0n) is 13.2. The lowest BCUT2D eigenvalue weighted by Crippen LogP contribution is -2.48. The molecule has 3 nitrogen and oxygen atoms in total. The lowest BCUT2D eigenvalue weighted by atomic mass is 9.75. The summed E-state index contributed by atoms with van der Waals surface area (Å²) in [6.45, 7) is 9.97. The van der Waals surface area contributed by atoms with E-state index in [1.54, 1.807) is 0 Å². The molecular weight excluding hydrogens is 236 g/mol. The van der Waals surface area contributed by atoms with Crippen LogP contribution in [0.1, 0.15) is 52.9 Å². The second kappa shape index (κ2) is 6.55. The first-order valence-electron chi connectivity index (χ1n) is 8.01. The standard InChI is InChI=1S/C16H32N2O/c1-13(11-14-12-19-10-9-17-14)18(4)15-5-7-16(2,3)8-6-15/h13-15,17H,5-12H2,1-4H3. The summed E-state index contributed by atoms with van der Waals surface area (Å²) in [6, 6.07) is 1.98. The van der Waals surface area contributed by atoms with Crippen LogP contribution in [-0.4, -0.2) is 49.8 Å². The maximum Gasteiger partial charge on any atom is 0.0620 e. The van der Waals surface area contributed by atoms with Crippen LogP contribution >= 0.6 is 0 Å². The maximum absolute atomic E-state index is 5.55. The largest absolute Gasteiger partial charge is 0.379 e. The highest BCUT2D eigenvalue weighted by atomic mass is 16.5. The highest BCUT2D eigenvalue weighted by molar-refractivity contribution is 4.86. The molecule has 0 spiro atoms. The molecule has 2 aliphatic rings. The van der Waals surface area contributed by atoms with Gasteiger partial charge in [-0.15, -0.1) is 0 Å². The Morgan fingerprint density at radius 1 is 1.32 bits per heavy atom. The molecule has 0 bridgehead atoms. The fourth-order valence-electron chi connectivity index (χ4n) is 3.50. The van der Waals surface area contributed by atoms with Crippen molar-refractivity contribution < 1.29 is 4.74 Å². The van der Waals surface area contributed by atoms with Crippen molar-refractivity contribution in [3.8, 4) is 0 Å². The van der Waals surface area contributed by atoms with Gasteiger partial charge in [-0.2, -0.15) is 0 Å². The molecular formula is C16H32N2O. The number of morpholine rings is 1. The minimum absolute atomic E-state index is 0.547. The lowest BCUT2D eigenvalue weighted by molar-refractivity contribution is 0.0508. The number of ether oxygens (including phenoxy) is 1. The van der Waals surface area contributed by atoms with Crippen molar-refractivity contribution in [2.24, 2.45) is 5.41 Å². The molecule has 0 radical (unpaired) electrons. The molecule has 0 aromatic carbocycles. The minimum atomic E-state index is 0.547. The fraction of sp³-hybridized carbons (Fsp3) is 1.00. The quantitative estimate of drug-likeness (QED) is 0.848. The molecule has 0 aromatic rings. The van der Waals surface area contributed by atoms with Crippen molar-refractivity contribution in [1.29, 1.82) is 0 Å². The molecule has 19 heavy (non-hydrogen) atoms. The number of hydrogen-bond donors (Lipinski definition) is 1. The molecule has 1 heterocycles. The smallest absolute Gasteiger partial charge is 0.0620 e. The van der Waals surface area contributed by atoms with E-state index in [1.807, 2.05) is 0 Å². The van der Waals surface area contributed by atoms with Crippen molar-refractivity contribution in [3.63, 3.8) is 0 Å². The molecule has 112 valence electrons. The second-order valence-electron chi connectivity index (χ2n) is 7.37. The van der Waals surface area contributed by atoms with Gasteiger partial charge >= 0.3 is 0 Å². The van der Waals surface area contributed by atoms with Gasteiger partial charge in [0.2, 0.25) is 0 Å². The molecule has 2 atom stereocenters. The third kappa shape index (κ3) is 4.44. The molecule has 0 amide bonds. The summed E-state index contributed by atoms with van der Waals surface area (Å²) in [4.78, 5) is 2.62. The van der Waals surface area contributed by atoms with Crippen molar-refractivity contribution in [3.05, 3.63) is 0 Å². The molecule has 2 rings (SSSR count). The van der Waals surface area contributed by atoms with Crippen LogP contribution < -0.4 is 5.32 Å². The Hall–Kier alpha value is -0.120. The van der Waals surface area contributed by atoms with Crippen LogP contribution in [0, 0.1) is 5.41 Å². The fourth-order valence-corrected chi connectivity index (χ4v) is 3.50. The molecule has 2 fully saturated rings. The molecule has 2 unspecified atom stereocenters. The average molecular weight is 268 g/mol. The van der Waals surface area contributed by atoms with E-state index in [0.717, 1.165) is 25.8 Å². The van der Waals surface area contributed by atoms with Crippen molar-refractivity contribution in [2.45, 2.75) is 71.0 Å². The van der Waals surface area contributed by atoms with Gasteiger partial charge in [-0.05, 0) is 51.5 Å². The molecule has 1 aliphatic heterocycles. The first-order valence-corrected chi connectivity index (χ1v) is 8.01. The van der Waals surface area contributed by atoms with E-state index in [2.05, 4.69) is 38.0 Å². The molecule has 1 N–H and O–H groups in total. The Balaban J connectivity index is 1.77. The summed E-state index contributed by atoms with van der Waals surface area (Å²) in [5.74, 6) is 0. The van der Waals surface area contributed by atoms with E-state index >= 15 is 0 Å². The first kappa shape index (κ1) is 15.3. The predicted octanol–water partition coefficient (Wildman–Crippen LogP) is 2.65. The minimum Gasteiger partial charge on any atom is -0.379 e. The van der Waals surface area contributed by atoms with Crippen LogP contribution in [0.15, 0.2) is 0 Å². The highest BCUT2D eigenvalue weighted by Gasteiger charge is 2.31. The van der Waals surface area contributed by atoms with Gasteiger partial charge in [0.05, 0.1) is 13.2 Å². The van der Waals surface area contributed by atoms with Gasteiger partial charge in [-0.1, -0.05) is 13.8 Å². The number of nitrogens with zero attached hydrogens (tertiary/aromatic N) is 1. The second-order valence-corrected chi connectivity index (χ2v) is 7.37. The molecule has 1 aliphatic carbocycles. The third-order valence-electron chi connectivity index (χ3n) is 5.20. The van der Waals surface area contributed by atoms with E-state index in [0.29, 0.717) is 17.5 Å². The highest BCUT2D eigenvalue weighted by Crippen LogP contribution is 2.37.